The molecule has 0 atom stereocenters. The average Bonchev–Trinajstić information content (AvgIpc) is 2.34. The van der Waals surface area contributed by atoms with E-state index < -0.39 is 0 Å². The van der Waals surface area contributed by atoms with Gasteiger partial charge >= 0.3 is 0 Å². The predicted octanol–water partition coefficient (Wildman–Crippen LogP) is 3.63. The van der Waals surface area contributed by atoms with Gasteiger partial charge in [-0.1, -0.05) is 29.3 Å². The molecule has 0 aliphatic carbocycles. The maximum absolute atomic E-state index is 6.09. The smallest absolute Gasteiger partial charge is 0.146 e. The minimum atomic E-state index is 0.500. The van der Waals surface area contributed by atoms with Crippen molar-refractivity contribution < 1.29 is 0 Å². The predicted molar refractivity (Wildman–Crippen MR) is 77.3 cm³/mol. The number of nitrogens with one attached hydrogen (secondary N) is 1. The van der Waals surface area contributed by atoms with Crippen molar-refractivity contribution in [2.45, 2.75) is 6.42 Å². The summed E-state index contributed by atoms with van der Waals surface area (Å²) in [4.78, 5) is 4.01. The highest BCUT2D eigenvalue weighted by molar-refractivity contribution is 6.35. The summed E-state index contributed by atoms with van der Waals surface area (Å²) in [5.41, 5.74) is 7.62. The monoisotopic (exact) mass is 281 g/mol. The second-order valence-electron chi connectivity index (χ2n) is 3.85. The van der Waals surface area contributed by atoms with Crippen molar-refractivity contribution in [3.05, 3.63) is 52.1 Å². The molecule has 0 unspecified atom stereocenters. The topological polar surface area (TPSA) is 50.9 Å². The van der Waals surface area contributed by atoms with Crippen LogP contribution in [0, 0.1) is 0 Å². The SMILES string of the molecule is Nc1ncccc1NCCc1ccc(Cl)cc1Cl. The lowest BCUT2D eigenvalue weighted by Crippen LogP contribution is -2.07. The fourth-order valence-electron chi connectivity index (χ4n) is 1.62. The summed E-state index contributed by atoms with van der Waals surface area (Å²) in [5.74, 6) is 0.500. The lowest BCUT2D eigenvalue weighted by molar-refractivity contribution is 1.02. The van der Waals surface area contributed by atoms with Crippen molar-refractivity contribution >= 4 is 34.7 Å². The minimum Gasteiger partial charge on any atom is -0.382 e. The first-order chi connectivity index (χ1) is 8.66. The molecule has 5 heteroatoms. The van der Waals surface area contributed by atoms with Gasteiger partial charge in [-0.15, -0.1) is 0 Å². The molecule has 0 bridgehead atoms. The van der Waals surface area contributed by atoms with Crippen LogP contribution in [0.5, 0.6) is 0 Å². The number of nitrogen functional groups attached to an aromatic ring is 1. The average molecular weight is 282 g/mol. The second-order valence-corrected chi connectivity index (χ2v) is 4.69. The van der Waals surface area contributed by atoms with Crippen LogP contribution >= 0.6 is 23.2 Å². The highest BCUT2D eigenvalue weighted by Crippen LogP contribution is 2.21. The Labute approximate surface area is 116 Å². The van der Waals surface area contributed by atoms with Gasteiger partial charge in [0.25, 0.3) is 0 Å². The molecule has 1 aromatic carbocycles. The number of nitrogens with zero attached hydrogens (tertiary/aromatic N) is 1. The zero-order chi connectivity index (χ0) is 13.0. The fourth-order valence-corrected chi connectivity index (χ4v) is 2.13. The maximum atomic E-state index is 6.09. The van der Waals surface area contributed by atoms with Crippen molar-refractivity contribution in [2.24, 2.45) is 0 Å². The number of aromatic nitrogens is 1. The molecule has 0 fully saturated rings. The number of halogens is 2. The first-order valence-corrected chi connectivity index (χ1v) is 6.30. The summed E-state index contributed by atoms with van der Waals surface area (Å²) in [6, 6.07) is 9.25. The molecule has 2 rings (SSSR count). The van der Waals surface area contributed by atoms with Gasteiger partial charge in [0.15, 0.2) is 0 Å². The van der Waals surface area contributed by atoms with Crippen LogP contribution in [-0.2, 0) is 6.42 Å². The molecule has 2 aromatic rings. The largest absolute Gasteiger partial charge is 0.382 e. The van der Waals surface area contributed by atoms with Crippen LogP contribution in [0.15, 0.2) is 36.5 Å². The van der Waals surface area contributed by atoms with Crippen LogP contribution in [0.25, 0.3) is 0 Å². The Morgan fingerprint density at radius 1 is 1.22 bits per heavy atom. The summed E-state index contributed by atoms with van der Waals surface area (Å²) in [6.07, 6.45) is 2.46. The standard InChI is InChI=1S/C13H13Cl2N3/c14-10-4-3-9(11(15)8-10)5-7-17-12-2-1-6-18-13(12)16/h1-4,6,8,17H,5,7H2,(H2,16,18). The number of hydrogen-bond acceptors (Lipinski definition) is 3. The van der Waals surface area contributed by atoms with E-state index in [9.17, 15) is 0 Å². The molecule has 1 heterocycles. The summed E-state index contributed by atoms with van der Waals surface area (Å²) in [7, 11) is 0. The van der Waals surface area contributed by atoms with Gasteiger partial charge in [-0.3, -0.25) is 0 Å². The Kier molecular flexibility index (Phi) is 4.28. The van der Waals surface area contributed by atoms with Crippen LogP contribution in [0.3, 0.4) is 0 Å². The van der Waals surface area contributed by atoms with Gasteiger partial charge in [0, 0.05) is 22.8 Å². The molecule has 1 aromatic heterocycles. The van der Waals surface area contributed by atoms with E-state index in [0.29, 0.717) is 15.9 Å². The van der Waals surface area contributed by atoms with Gasteiger partial charge in [0.1, 0.15) is 5.82 Å². The highest BCUT2D eigenvalue weighted by Gasteiger charge is 2.02. The van der Waals surface area contributed by atoms with E-state index in [1.807, 2.05) is 24.3 Å². The molecule has 0 amide bonds. The number of anilines is 2. The molecule has 0 saturated heterocycles. The van der Waals surface area contributed by atoms with Crippen LogP contribution in [0.4, 0.5) is 11.5 Å². The van der Waals surface area contributed by atoms with Crippen molar-refractivity contribution in [3.63, 3.8) is 0 Å². The number of benzene rings is 1. The van der Waals surface area contributed by atoms with Crippen molar-refractivity contribution in [2.75, 3.05) is 17.6 Å². The molecule has 0 aliphatic rings. The summed E-state index contributed by atoms with van der Waals surface area (Å²) in [5, 5.41) is 4.55. The Bertz CT molecular complexity index is 544. The third-order valence-electron chi connectivity index (χ3n) is 2.56. The number of hydrogen-bond donors (Lipinski definition) is 2. The quantitative estimate of drug-likeness (QED) is 0.900. The third kappa shape index (κ3) is 3.28. The molecule has 3 nitrogen and oxygen atoms in total. The minimum absolute atomic E-state index is 0.500. The number of rotatable bonds is 4. The van der Waals surface area contributed by atoms with Crippen LogP contribution in [0.2, 0.25) is 10.0 Å². The first kappa shape index (κ1) is 13.0. The highest BCUT2D eigenvalue weighted by atomic mass is 35.5. The van der Waals surface area contributed by atoms with Gasteiger partial charge in [-0.05, 0) is 36.2 Å². The number of pyridine rings is 1. The molecule has 18 heavy (non-hydrogen) atoms. The normalized spacial score (nSPS) is 10.3. The van der Waals surface area contributed by atoms with E-state index >= 15 is 0 Å². The van der Waals surface area contributed by atoms with Crippen LogP contribution in [0.1, 0.15) is 5.56 Å². The van der Waals surface area contributed by atoms with E-state index in [2.05, 4.69) is 10.3 Å². The van der Waals surface area contributed by atoms with E-state index in [1.165, 1.54) is 0 Å². The van der Waals surface area contributed by atoms with Crippen molar-refractivity contribution in [3.8, 4) is 0 Å². The third-order valence-corrected chi connectivity index (χ3v) is 3.15. The zero-order valence-electron chi connectivity index (χ0n) is 9.66. The summed E-state index contributed by atoms with van der Waals surface area (Å²) in [6.45, 7) is 0.733. The molecule has 0 radical (unpaired) electrons. The van der Waals surface area contributed by atoms with Crippen molar-refractivity contribution in [1.82, 2.24) is 4.98 Å². The van der Waals surface area contributed by atoms with Crippen LogP contribution < -0.4 is 11.1 Å². The van der Waals surface area contributed by atoms with Gasteiger partial charge in [0.05, 0.1) is 5.69 Å². The van der Waals surface area contributed by atoms with Crippen molar-refractivity contribution in [1.29, 1.82) is 0 Å². The Morgan fingerprint density at radius 2 is 2.06 bits per heavy atom. The molecule has 94 valence electrons. The van der Waals surface area contributed by atoms with Gasteiger partial charge in [-0.25, -0.2) is 4.98 Å². The van der Waals surface area contributed by atoms with E-state index in [4.69, 9.17) is 28.9 Å². The van der Waals surface area contributed by atoms with E-state index in [-0.39, 0.29) is 0 Å². The Morgan fingerprint density at radius 3 is 2.78 bits per heavy atom. The lowest BCUT2D eigenvalue weighted by atomic mass is 10.1. The molecule has 0 spiro atoms. The van der Waals surface area contributed by atoms with Crippen LogP contribution in [-0.4, -0.2) is 11.5 Å². The number of nitrogens with two attached hydrogens (primary N) is 1. The zero-order valence-corrected chi connectivity index (χ0v) is 11.2. The molecule has 0 saturated carbocycles. The molecular weight excluding hydrogens is 269 g/mol. The van der Waals surface area contributed by atoms with E-state index in [1.54, 1.807) is 12.3 Å². The Balaban J connectivity index is 1.95. The summed E-state index contributed by atoms with van der Waals surface area (Å²) >= 11 is 11.9. The maximum Gasteiger partial charge on any atom is 0.146 e. The molecular formula is C13H13Cl2N3. The van der Waals surface area contributed by atoms with Gasteiger partial charge in [0.2, 0.25) is 0 Å². The van der Waals surface area contributed by atoms with Gasteiger partial charge in [-0.2, -0.15) is 0 Å². The van der Waals surface area contributed by atoms with E-state index in [0.717, 1.165) is 24.2 Å². The van der Waals surface area contributed by atoms with Gasteiger partial charge < -0.3 is 11.1 Å². The summed E-state index contributed by atoms with van der Waals surface area (Å²) < 4.78 is 0. The molecule has 0 aliphatic heterocycles. The first-order valence-electron chi connectivity index (χ1n) is 5.55. The lowest BCUT2D eigenvalue weighted by Gasteiger charge is -2.09. The Hall–Kier alpha value is -1.45. The fraction of sp³-hybridized carbons (Fsp3) is 0.154. The molecule has 3 N–H and O–H groups in total. The second kappa shape index (κ2) is 5.94.